The molecule has 3 N–H and O–H groups in total. The fourth-order valence-electron chi connectivity index (χ4n) is 2.13. The van der Waals surface area contributed by atoms with Gasteiger partial charge in [0.25, 0.3) is 11.8 Å². The van der Waals surface area contributed by atoms with Crippen LogP contribution in [0.4, 0.5) is 5.00 Å². The van der Waals surface area contributed by atoms with E-state index >= 15 is 0 Å². The summed E-state index contributed by atoms with van der Waals surface area (Å²) in [7, 11) is 1.73. The molecule has 0 spiro atoms. The molecule has 0 fully saturated rings. The van der Waals surface area contributed by atoms with E-state index in [1.165, 1.54) is 17.6 Å². The van der Waals surface area contributed by atoms with Crippen LogP contribution in [0.2, 0.25) is 0 Å². The molecule has 0 radical (unpaired) electrons. The van der Waals surface area contributed by atoms with E-state index in [9.17, 15) is 9.59 Å². The molecular weight excluding hydrogens is 314 g/mol. The lowest BCUT2D eigenvalue weighted by atomic mass is 9.93. The summed E-state index contributed by atoms with van der Waals surface area (Å²) in [5, 5.41) is 5.00. The van der Waals surface area contributed by atoms with Crippen molar-refractivity contribution in [3.05, 3.63) is 41.2 Å². The maximum Gasteiger partial charge on any atom is 0.291 e. The maximum atomic E-state index is 12.6. The minimum absolute atomic E-state index is 0.150. The number of hydrogen-bond acceptors (Lipinski definition) is 5. The first-order valence-corrected chi connectivity index (χ1v) is 8.10. The molecule has 0 aliphatic carbocycles. The SMILES string of the molecule is CN(CC(C)(C)CN)C(=O)c1ccsc1NC(=O)c1ccco1. The standard InChI is InChI=1S/C16H21N3O3S/c1-16(2,9-17)10-19(3)15(21)11-6-8-23-14(11)18-13(20)12-5-4-7-22-12/h4-8H,9-10,17H2,1-3H3,(H,18,20). The summed E-state index contributed by atoms with van der Waals surface area (Å²) in [6.07, 6.45) is 1.43. The Kier molecular flexibility index (Phi) is 5.23. The highest BCUT2D eigenvalue weighted by Crippen LogP contribution is 2.26. The van der Waals surface area contributed by atoms with Gasteiger partial charge >= 0.3 is 0 Å². The molecule has 23 heavy (non-hydrogen) atoms. The largest absolute Gasteiger partial charge is 0.459 e. The molecule has 6 nitrogen and oxygen atoms in total. The molecule has 0 aliphatic heterocycles. The highest BCUT2D eigenvalue weighted by molar-refractivity contribution is 7.14. The predicted molar refractivity (Wildman–Crippen MR) is 90.8 cm³/mol. The van der Waals surface area contributed by atoms with E-state index in [2.05, 4.69) is 5.32 Å². The number of amides is 2. The Labute approximate surface area is 139 Å². The van der Waals surface area contributed by atoms with Gasteiger partial charge in [-0.15, -0.1) is 11.3 Å². The third kappa shape index (κ3) is 4.20. The molecule has 124 valence electrons. The first kappa shape index (κ1) is 17.2. The van der Waals surface area contributed by atoms with Crippen LogP contribution in [-0.4, -0.2) is 36.9 Å². The Morgan fingerprint density at radius 2 is 2.13 bits per heavy atom. The zero-order valence-corrected chi connectivity index (χ0v) is 14.3. The Balaban J connectivity index is 2.11. The van der Waals surface area contributed by atoms with Gasteiger partial charge in [0.05, 0.1) is 11.8 Å². The monoisotopic (exact) mass is 335 g/mol. The summed E-state index contributed by atoms with van der Waals surface area (Å²) in [6.45, 7) is 5.02. The number of anilines is 1. The van der Waals surface area contributed by atoms with Crippen molar-refractivity contribution >= 4 is 28.2 Å². The second-order valence-corrected chi connectivity index (χ2v) is 7.04. The smallest absolute Gasteiger partial charge is 0.291 e. The zero-order valence-electron chi connectivity index (χ0n) is 13.5. The fourth-order valence-corrected chi connectivity index (χ4v) is 2.91. The van der Waals surface area contributed by atoms with Crippen LogP contribution in [0.15, 0.2) is 34.3 Å². The number of nitrogens with two attached hydrogens (primary N) is 1. The molecule has 0 aliphatic rings. The third-order valence-electron chi connectivity index (χ3n) is 3.43. The molecule has 0 unspecified atom stereocenters. The third-order valence-corrected chi connectivity index (χ3v) is 4.26. The molecule has 7 heteroatoms. The molecule has 2 rings (SSSR count). The average molecular weight is 335 g/mol. The summed E-state index contributed by atoms with van der Waals surface area (Å²) >= 11 is 1.30. The summed E-state index contributed by atoms with van der Waals surface area (Å²) in [5.74, 6) is -0.326. The zero-order chi connectivity index (χ0) is 17.0. The van der Waals surface area contributed by atoms with Crippen molar-refractivity contribution in [2.24, 2.45) is 11.1 Å². The summed E-state index contributed by atoms with van der Waals surface area (Å²) in [6, 6.07) is 4.91. The van der Waals surface area contributed by atoms with E-state index in [0.717, 1.165) is 0 Å². The predicted octanol–water partition coefficient (Wildman–Crippen LogP) is 2.65. The molecule has 2 aromatic heterocycles. The van der Waals surface area contributed by atoms with E-state index in [4.69, 9.17) is 10.2 Å². The van der Waals surface area contributed by atoms with Gasteiger partial charge in [-0.1, -0.05) is 13.8 Å². The van der Waals surface area contributed by atoms with Gasteiger partial charge in [0.1, 0.15) is 5.00 Å². The van der Waals surface area contributed by atoms with Crippen LogP contribution in [0, 0.1) is 5.41 Å². The van der Waals surface area contributed by atoms with Crippen molar-refractivity contribution in [2.45, 2.75) is 13.8 Å². The molecule has 0 aromatic carbocycles. The Morgan fingerprint density at radius 3 is 2.74 bits per heavy atom. The Hall–Kier alpha value is -2.12. The normalized spacial score (nSPS) is 11.3. The van der Waals surface area contributed by atoms with Crippen molar-refractivity contribution in [3.8, 4) is 0 Å². The number of nitrogens with zero attached hydrogens (tertiary/aromatic N) is 1. The van der Waals surface area contributed by atoms with Crippen molar-refractivity contribution in [2.75, 3.05) is 25.5 Å². The van der Waals surface area contributed by atoms with E-state index in [0.29, 0.717) is 23.7 Å². The average Bonchev–Trinajstić information content (AvgIpc) is 3.17. The van der Waals surface area contributed by atoms with Gasteiger partial charge in [-0.2, -0.15) is 0 Å². The number of hydrogen-bond donors (Lipinski definition) is 2. The number of thiophene rings is 1. The first-order chi connectivity index (χ1) is 10.8. The van der Waals surface area contributed by atoms with Gasteiger partial charge in [-0.25, -0.2) is 0 Å². The van der Waals surface area contributed by atoms with Crippen molar-refractivity contribution < 1.29 is 14.0 Å². The van der Waals surface area contributed by atoms with Crippen molar-refractivity contribution in [1.82, 2.24) is 4.90 Å². The van der Waals surface area contributed by atoms with Crippen LogP contribution in [0.3, 0.4) is 0 Å². The van der Waals surface area contributed by atoms with Crippen LogP contribution in [0.1, 0.15) is 34.8 Å². The Bertz CT molecular complexity index is 677. The van der Waals surface area contributed by atoms with E-state index < -0.39 is 0 Å². The molecule has 2 heterocycles. The number of nitrogens with one attached hydrogen (secondary N) is 1. The van der Waals surface area contributed by atoms with Gasteiger partial charge in [0.2, 0.25) is 0 Å². The van der Waals surface area contributed by atoms with Crippen LogP contribution in [0.25, 0.3) is 0 Å². The minimum atomic E-state index is -0.378. The van der Waals surface area contributed by atoms with E-state index in [1.807, 2.05) is 13.8 Å². The van der Waals surface area contributed by atoms with Crippen LogP contribution in [-0.2, 0) is 0 Å². The lowest BCUT2D eigenvalue weighted by Crippen LogP contribution is -2.39. The highest BCUT2D eigenvalue weighted by atomic mass is 32.1. The van der Waals surface area contributed by atoms with Crippen molar-refractivity contribution in [1.29, 1.82) is 0 Å². The maximum absolute atomic E-state index is 12.6. The van der Waals surface area contributed by atoms with E-state index in [-0.39, 0.29) is 23.0 Å². The molecular formula is C16H21N3O3S. The lowest BCUT2D eigenvalue weighted by molar-refractivity contribution is 0.0742. The quantitative estimate of drug-likeness (QED) is 0.849. The number of rotatable bonds is 6. The second kappa shape index (κ2) is 6.97. The number of carbonyl (C=O) groups is 2. The molecule has 2 aromatic rings. The van der Waals surface area contributed by atoms with Crippen LogP contribution >= 0.6 is 11.3 Å². The minimum Gasteiger partial charge on any atom is -0.459 e. The number of furan rings is 1. The topological polar surface area (TPSA) is 88.6 Å². The number of carbonyl (C=O) groups excluding carboxylic acids is 2. The van der Waals surface area contributed by atoms with Gasteiger partial charge < -0.3 is 20.4 Å². The Morgan fingerprint density at radius 1 is 1.39 bits per heavy atom. The highest BCUT2D eigenvalue weighted by Gasteiger charge is 2.24. The van der Waals surface area contributed by atoms with Gasteiger partial charge in [0, 0.05) is 13.6 Å². The lowest BCUT2D eigenvalue weighted by Gasteiger charge is -2.29. The van der Waals surface area contributed by atoms with Crippen LogP contribution < -0.4 is 11.1 Å². The van der Waals surface area contributed by atoms with E-state index in [1.54, 1.807) is 35.5 Å². The summed E-state index contributed by atoms with van der Waals surface area (Å²) in [4.78, 5) is 26.3. The molecule has 0 saturated heterocycles. The molecule has 0 saturated carbocycles. The van der Waals surface area contributed by atoms with Gasteiger partial charge in [-0.05, 0) is 35.5 Å². The molecule has 0 atom stereocenters. The molecule has 0 bridgehead atoms. The van der Waals surface area contributed by atoms with Gasteiger partial charge in [-0.3, -0.25) is 9.59 Å². The second-order valence-electron chi connectivity index (χ2n) is 6.12. The van der Waals surface area contributed by atoms with Crippen molar-refractivity contribution in [3.63, 3.8) is 0 Å². The molecule has 2 amide bonds. The first-order valence-electron chi connectivity index (χ1n) is 7.22. The fraction of sp³-hybridized carbons (Fsp3) is 0.375. The summed E-state index contributed by atoms with van der Waals surface area (Å²) in [5.41, 5.74) is 6.01. The van der Waals surface area contributed by atoms with Gasteiger partial charge in [0.15, 0.2) is 5.76 Å². The van der Waals surface area contributed by atoms with Crippen LogP contribution in [0.5, 0.6) is 0 Å². The summed E-state index contributed by atoms with van der Waals surface area (Å²) < 4.78 is 5.06.